The fraction of sp³-hybridized carbons (Fsp3) is 0.841. The molecular weight excluding hydrogens is 751 g/mol. The molecule has 1 fully saturated rings. The van der Waals surface area contributed by atoms with Gasteiger partial charge in [0.2, 0.25) is 0 Å². The second-order valence-corrected chi connectivity index (χ2v) is 16.9. The summed E-state index contributed by atoms with van der Waals surface area (Å²) in [4.78, 5) is 23.0. The van der Waals surface area contributed by atoms with Crippen molar-refractivity contribution in [1.82, 2.24) is 0 Å². The number of phosphoric ester groups is 1. The number of carbonyl (C=O) groups is 1. The number of phosphoric acid groups is 1. The van der Waals surface area contributed by atoms with Gasteiger partial charge in [0.05, 0.1) is 13.2 Å². The zero-order chi connectivity index (χ0) is 42.0. The van der Waals surface area contributed by atoms with Gasteiger partial charge >= 0.3 is 13.8 Å². The first kappa shape index (κ1) is 53.6. The number of aliphatic hydroxyl groups excluding tert-OH is 5. The van der Waals surface area contributed by atoms with Crippen LogP contribution in [0, 0.1) is 0 Å². The zero-order valence-corrected chi connectivity index (χ0v) is 36.3. The van der Waals surface area contributed by atoms with Crippen molar-refractivity contribution < 1.29 is 58.3 Å². The van der Waals surface area contributed by atoms with Crippen molar-refractivity contribution in [2.45, 2.75) is 217 Å². The van der Waals surface area contributed by atoms with E-state index in [0.29, 0.717) is 13.0 Å². The van der Waals surface area contributed by atoms with Gasteiger partial charge in [-0.15, -0.1) is 0 Å². The molecule has 57 heavy (non-hydrogen) atoms. The molecule has 0 aliphatic heterocycles. The van der Waals surface area contributed by atoms with E-state index in [1.54, 1.807) is 0 Å². The molecule has 0 bridgehead atoms. The maximum absolute atomic E-state index is 12.8. The van der Waals surface area contributed by atoms with E-state index in [1.807, 2.05) is 0 Å². The molecule has 0 aromatic heterocycles. The average molecular weight is 833 g/mol. The first-order valence-electron chi connectivity index (χ1n) is 22.3. The fourth-order valence-corrected chi connectivity index (χ4v) is 7.59. The van der Waals surface area contributed by atoms with E-state index in [4.69, 9.17) is 18.5 Å². The summed E-state index contributed by atoms with van der Waals surface area (Å²) in [5.41, 5.74) is 0. The highest BCUT2D eigenvalue weighted by atomic mass is 31.2. The quantitative estimate of drug-likeness (QED) is 0.0151. The summed E-state index contributed by atoms with van der Waals surface area (Å²) in [5, 5.41) is 50.1. The van der Waals surface area contributed by atoms with Crippen LogP contribution in [0.15, 0.2) is 36.5 Å². The third kappa shape index (κ3) is 27.9. The number of carbonyl (C=O) groups excluding carboxylic acids is 1. The van der Waals surface area contributed by atoms with Crippen LogP contribution in [-0.4, -0.2) is 98.9 Å². The summed E-state index contributed by atoms with van der Waals surface area (Å²) in [7, 11) is -5.01. The fourth-order valence-electron chi connectivity index (χ4n) is 6.62. The van der Waals surface area contributed by atoms with Gasteiger partial charge in [-0.25, -0.2) is 4.57 Å². The van der Waals surface area contributed by atoms with Gasteiger partial charge in [0.1, 0.15) is 42.7 Å². The second-order valence-electron chi connectivity index (χ2n) is 15.5. The largest absolute Gasteiger partial charge is 0.472 e. The molecule has 1 rings (SSSR count). The SMILES string of the molecule is CCC/C=C\CCCCCCCC(=O)OC(COCCCCCCCCCCCC/C=C\C/C=C\CCCCC)COP(=O)(O)OC1C(O)C(O)C(O)C(O)C1O. The summed E-state index contributed by atoms with van der Waals surface area (Å²) < 4.78 is 34.1. The highest BCUT2D eigenvalue weighted by Crippen LogP contribution is 2.47. The van der Waals surface area contributed by atoms with E-state index in [1.165, 1.54) is 70.6 Å². The lowest BCUT2D eigenvalue weighted by Gasteiger charge is -2.41. The molecule has 0 amide bonds. The Morgan fingerprint density at radius 3 is 1.56 bits per heavy atom. The van der Waals surface area contributed by atoms with Gasteiger partial charge in [-0.05, 0) is 64.2 Å². The number of allylic oxidation sites excluding steroid dienone is 6. The summed E-state index contributed by atoms with van der Waals surface area (Å²) in [6.45, 7) is 4.14. The predicted molar refractivity (Wildman–Crippen MR) is 226 cm³/mol. The molecule has 13 heteroatoms. The highest BCUT2D eigenvalue weighted by molar-refractivity contribution is 7.47. The Morgan fingerprint density at radius 2 is 1.02 bits per heavy atom. The standard InChI is InChI=1S/C44H81O12P/c1-3-5-7-9-11-13-15-16-17-18-19-20-21-22-23-24-26-28-30-32-34-53-35-37(55-38(45)33-31-29-27-25-14-12-10-8-6-4-2)36-54-57(51,52)56-44-42(49)40(47)39(46)41(48)43(44)50/h8,10-11,13,16-17,37,39-44,46-50H,3-7,9,12,14-15,18-36H2,1-2H3,(H,51,52)/b10-8-,13-11-,17-16-. The number of esters is 1. The van der Waals surface area contributed by atoms with Crippen LogP contribution in [-0.2, 0) is 27.9 Å². The summed E-state index contributed by atoms with van der Waals surface area (Å²) in [6, 6.07) is 0. The lowest BCUT2D eigenvalue weighted by Crippen LogP contribution is -2.64. The lowest BCUT2D eigenvalue weighted by molar-refractivity contribution is -0.220. The molecule has 6 atom stereocenters. The van der Waals surface area contributed by atoms with E-state index in [9.17, 15) is 39.8 Å². The Morgan fingerprint density at radius 1 is 0.561 bits per heavy atom. The number of unbranched alkanes of at least 4 members (excludes halogenated alkanes) is 19. The van der Waals surface area contributed by atoms with Crippen LogP contribution in [0.5, 0.6) is 0 Å². The molecular formula is C44H81O12P. The molecule has 12 nitrogen and oxygen atoms in total. The van der Waals surface area contributed by atoms with E-state index >= 15 is 0 Å². The molecule has 6 unspecified atom stereocenters. The maximum Gasteiger partial charge on any atom is 0.472 e. The summed E-state index contributed by atoms with van der Waals surface area (Å²) >= 11 is 0. The monoisotopic (exact) mass is 833 g/mol. The van der Waals surface area contributed by atoms with Crippen LogP contribution in [0.3, 0.4) is 0 Å². The minimum Gasteiger partial charge on any atom is -0.457 e. The Labute approximate surface area is 344 Å². The topological polar surface area (TPSA) is 192 Å². The van der Waals surface area contributed by atoms with Gasteiger partial charge in [-0.3, -0.25) is 13.8 Å². The van der Waals surface area contributed by atoms with Crippen molar-refractivity contribution >= 4 is 13.8 Å². The van der Waals surface area contributed by atoms with Crippen LogP contribution < -0.4 is 0 Å². The van der Waals surface area contributed by atoms with Gasteiger partial charge < -0.3 is 39.9 Å². The minimum atomic E-state index is -5.01. The molecule has 6 N–H and O–H groups in total. The van der Waals surface area contributed by atoms with E-state index in [0.717, 1.165) is 77.0 Å². The Hall–Kier alpha value is -1.44. The van der Waals surface area contributed by atoms with Crippen molar-refractivity contribution in [2.75, 3.05) is 19.8 Å². The molecule has 334 valence electrons. The Balaban J connectivity index is 2.36. The molecule has 0 heterocycles. The van der Waals surface area contributed by atoms with E-state index in [-0.39, 0.29) is 13.0 Å². The van der Waals surface area contributed by atoms with Crippen LogP contribution in [0.25, 0.3) is 0 Å². The third-order valence-electron chi connectivity index (χ3n) is 10.2. The molecule has 0 radical (unpaired) electrons. The van der Waals surface area contributed by atoms with Crippen LogP contribution in [0.4, 0.5) is 0 Å². The second kappa shape index (κ2) is 35.3. The van der Waals surface area contributed by atoms with Gasteiger partial charge in [0.25, 0.3) is 0 Å². The average Bonchev–Trinajstić information content (AvgIpc) is 3.19. The van der Waals surface area contributed by atoms with E-state index in [2.05, 4.69) is 50.3 Å². The van der Waals surface area contributed by atoms with Gasteiger partial charge in [0.15, 0.2) is 0 Å². The van der Waals surface area contributed by atoms with Crippen molar-refractivity contribution in [1.29, 1.82) is 0 Å². The maximum atomic E-state index is 12.8. The highest BCUT2D eigenvalue weighted by Gasteiger charge is 2.51. The number of rotatable bonds is 37. The third-order valence-corrected chi connectivity index (χ3v) is 11.2. The lowest BCUT2D eigenvalue weighted by atomic mass is 9.85. The van der Waals surface area contributed by atoms with E-state index < -0.39 is 63.1 Å². The molecule has 0 aromatic carbocycles. The molecule has 0 aromatic rings. The molecule has 1 saturated carbocycles. The van der Waals surface area contributed by atoms with Crippen molar-refractivity contribution in [2.24, 2.45) is 0 Å². The Bertz CT molecular complexity index is 1090. The van der Waals surface area contributed by atoms with Crippen LogP contribution >= 0.6 is 7.82 Å². The molecule has 1 aliphatic carbocycles. The first-order chi connectivity index (χ1) is 27.5. The molecule has 1 aliphatic rings. The number of ether oxygens (including phenoxy) is 2. The van der Waals surface area contributed by atoms with Crippen LogP contribution in [0.2, 0.25) is 0 Å². The van der Waals surface area contributed by atoms with Gasteiger partial charge in [0, 0.05) is 13.0 Å². The predicted octanol–water partition coefficient (Wildman–Crippen LogP) is 8.70. The zero-order valence-electron chi connectivity index (χ0n) is 35.4. The van der Waals surface area contributed by atoms with Crippen LogP contribution in [0.1, 0.15) is 174 Å². The number of hydrogen-bond donors (Lipinski definition) is 6. The van der Waals surface area contributed by atoms with Gasteiger partial charge in [-0.2, -0.15) is 0 Å². The smallest absolute Gasteiger partial charge is 0.457 e. The minimum absolute atomic E-state index is 0.0818. The van der Waals surface area contributed by atoms with Gasteiger partial charge in [-0.1, -0.05) is 140 Å². The summed E-state index contributed by atoms with van der Waals surface area (Å²) in [5.74, 6) is -0.491. The Kier molecular flexibility index (Phi) is 33.2. The molecule has 0 spiro atoms. The van der Waals surface area contributed by atoms with Crippen molar-refractivity contribution in [3.8, 4) is 0 Å². The normalized spacial score (nSPS) is 23.2. The first-order valence-corrected chi connectivity index (χ1v) is 23.8. The summed E-state index contributed by atoms with van der Waals surface area (Å²) in [6.07, 6.45) is 28.0. The van der Waals surface area contributed by atoms with Crippen molar-refractivity contribution in [3.05, 3.63) is 36.5 Å². The number of aliphatic hydroxyl groups is 5. The van der Waals surface area contributed by atoms with Crippen molar-refractivity contribution in [3.63, 3.8) is 0 Å². The number of hydrogen-bond acceptors (Lipinski definition) is 11. The molecule has 0 saturated heterocycles.